The summed E-state index contributed by atoms with van der Waals surface area (Å²) in [5, 5.41) is 6.27. The molecular formula is C15H14ClFN2O. The van der Waals surface area contributed by atoms with E-state index in [0.29, 0.717) is 22.9 Å². The minimum absolute atomic E-state index is 0.194. The maximum Gasteiger partial charge on any atom is 0.221 e. The molecule has 0 saturated carbocycles. The molecule has 0 atom stereocenters. The molecule has 5 heteroatoms. The number of carbonyl (C=O) groups excluding carboxylic acids is 1. The van der Waals surface area contributed by atoms with Crippen LogP contribution in [0.3, 0.4) is 0 Å². The van der Waals surface area contributed by atoms with Crippen molar-refractivity contribution in [3.63, 3.8) is 0 Å². The molecule has 20 heavy (non-hydrogen) atoms. The summed E-state index contributed by atoms with van der Waals surface area (Å²) in [4.78, 5) is 11.0. The van der Waals surface area contributed by atoms with Crippen molar-refractivity contribution in [1.29, 1.82) is 0 Å². The largest absolute Gasteiger partial charge is 0.379 e. The van der Waals surface area contributed by atoms with Crippen molar-refractivity contribution in [3.05, 3.63) is 58.9 Å². The maximum atomic E-state index is 13.7. The van der Waals surface area contributed by atoms with Gasteiger partial charge in [0.1, 0.15) is 5.82 Å². The SMILES string of the molecule is CC(=O)Nc1ccc(F)c(NCc2ccc(Cl)cc2)c1. The number of anilines is 2. The molecule has 0 aliphatic carbocycles. The van der Waals surface area contributed by atoms with Crippen molar-refractivity contribution in [2.45, 2.75) is 13.5 Å². The van der Waals surface area contributed by atoms with Crippen LogP contribution < -0.4 is 10.6 Å². The molecule has 0 spiro atoms. The minimum atomic E-state index is -0.368. The fourth-order valence-electron chi connectivity index (χ4n) is 1.74. The summed E-state index contributed by atoms with van der Waals surface area (Å²) in [6.07, 6.45) is 0. The summed E-state index contributed by atoms with van der Waals surface area (Å²) >= 11 is 5.80. The van der Waals surface area contributed by atoms with Gasteiger partial charge in [0.25, 0.3) is 0 Å². The highest BCUT2D eigenvalue weighted by molar-refractivity contribution is 6.30. The van der Waals surface area contributed by atoms with Gasteiger partial charge < -0.3 is 10.6 Å². The average Bonchev–Trinajstić information content (AvgIpc) is 2.40. The fourth-order valence-corrected chi connectivity index (χ4v) is 1.87. The van der Waals surface area contributed by atoms with E-state index < -0.39 is 0 Å². The van der Waals surface area contributed by atoms with Gasteiger partial charge in [0.15, 0.2) is 0 Å². The van der Waals surface area contributed by atoms with Gasteiger partial charge in [0.05, 0.1) is 5.69 Å². The Morgan fingerprint density at radius 2 is 1.90 bits per heavy atom. The Kier molecular flexibility index (Phi) is 4.58. The lowest BCUT2D eigenvalue weighted by Gasteiger charge is -2.10. The molecule has 0 aliphatic heterocycles. The zero-order valence-corrected chi connectivity index (χ0v) is 11.7. The van der Waals surface area contributed by atoms with Crippen molar-refractivity contribution in [3.8, 4) is 0 Å². The van der Waals surface area contributed by atoms with Crippen LogP contribution in [0.2, 0.25) is 5.02 Å². The summed E-state index contributed by atoms with van der Waals surface area (Å²) in [6.45, 7) is 1.88. The molecule has 3 nitrogen and oxygen atoms in total. The number of nitrogens with one attached hydrogen (secondary N) is 2. The van der Waals surface area contributed by atoms with Crippen LogP contribution in [0.1, 0.15) is 12.5 Å². The molecule has 0 fully saturated rings. The second-order valence-corrected chi connectivity index (χ2v) is 4.79. The topological polar surface area (TPSA) is 41.1 Å². The Labute approximate surface area is 121 Å². The molecular weight excluding hydrogens is 279 g/mol. The van der Waals surface area contributed by atoms with Gasteiger partial charge >= 0.3 is 0 Å². The molecule has 1 amide bonds. The monoisotopic (exact) mass is 292 g/mol. The molecule has 0 bridgehead atoms. The van der Waals surface area contributed by atoms with E-state index in [0.717, 1.165) is 5.56 Å². The van der Waals surface area contributed by atoms with Gasteiger partial charge in [-0.15, -0.1) is 0 Å². The predicted molar refractivity (Wildman–Crippen MR) is 79.5 cm³/mol. The lowest BCUT2D eigenvalue weighted by molar-refractivity contribution is -0.114. The first-order valence-corrected chi connectivity index (χ1v) is 6.48. The number of rotatable bonds is 4. The third-order valence-electron chi connectivity index (χ3n) is 2.68. The van der Waals surface area contributed by atoms with E-state index in [1.54, 1.807) is 18.2 Å². The van der Waals surface area contributed by atoms with Crippen molar-refractivity contribution in [2.75, 3.05) is 10.6 Å². The van der Waals surface area contributed by atoms with Crippen LogP contribution in [-0.2, 0) is 11.3 Å². The van der Waals surface area contributed by atoms with Crippen LogP contribution in [0, 0.1) is 5.82 Å². The van der Waals surface area contributed by atoms with Crippen molar-refractivity contribution >= 4 is 28.9 Å². The highest BCUT2D eigenvalue weighted by Crippen LogP contribution is 2.20. The van der Waals surface area contributed by atoms with Crippen LogP contribution in [0.4, 0.5) is 15.8 Å². The van der Waals surface area contributed by atoms with E-state index in [-0.39, 0.29) is 11.7 Å². The third kappa shape index (κ3) is 3.96. The molecule has 0 aromatic heterocycles. The molecule has 0 saturated heterocycles. The highest BCUT2D eigenvalue weighted by atomic mass is 35.5. The van der Waals surface area contributed by atoms with E-state index in [9.17, 15) is 9.18 Å². The highest BCUT2D eigenvalue weighted by Gasteiger charge is 2.04. The summed E-state index contributed by atoms with van der Waals surface area (Å²) in [5.41, 5.74) is 1.88. The number of carbonyl (C=O) groups is 1. The number of amides is 1. The fraction of sp³-hybridized carbons (Fsp3) is 0.133. The van der Waals surface area contributed by atoms with Crippen molar-refractivity contribution < 1.29 is 9.18 Å². The average molecular weight is 293 g/mol. The molecule has 2 N–H and O–H groups in total. The van der Waals surface area contributed by atoms with E-state index in [1.165, 1.54) is 19.1 Å². The molecule has 0 unspecified atom stereocenters. The molecule has 104 valence electrons. The predicted octanol–water partition coefficient (Wildman–Crippen LogP) is 4.05. The van der Waals surface area contributed by atoms with Crippen LogP contribution in [0.25, 0.3) is 0 Å². The van der Waals surface area contributed by atoms with Gasteiger partial charge in [0, 0.05) is 24.2 Å². The summed E-state index contributed by atoms with van der Waals surface area (Å²) < 4.78 is 13.7. The van der Waals surface area contributed by atoms with Crippen molar-refractivity contribution in [2.24, 2.45) is 0 Å². The van der Waals surface area contributed by atoms with Gasteiger partial charge in [-0.1, -0.05) is 23.7 Å². The van der Waals surface area contributed by atoms with E-state index in [1.807, 2.05) is 12.1 Å². The Morgan fingerprint density at radius 1 is 1.20 bits per heavy atom. The van der Waals surface area contributed by atoms with Gasteiger partial charge in [0.2, 0.25) is 5.91 Å². The second-order valence-electron chi connectivity index (χ2n) is 4.36. The molecule has 2 rings (SSSR count). The van der Waals surface area contributed by atoms with Gasteiger partial charge in [-0.3, -0.25) is 4.79 Å². The molecule has 2 aromatic rings. The van der Waals surface area contributed by atoms with Gasteiger partial charge in [-0.05, 0) is 35.9 Å². The van der Waals surface area contributed by atoms with Crippen LogP contribution in [-0.4, -0.2) is 5.91 Å². The minimum Gasteiger partial charge on any atom is -0.379 e. The quantitative estimate of drug-likeness (QED) is 0.892. The van der Waals surface area contributed by atoms with Crippen molar-refractivity contribution in [1.82, 2.24) is 0 Å². The number of halogens is 2. The van der Waals surface area contributed by atoms with E-state index >= 15 is 0 Å². The maximum absolute atomic E-state index is 13.7. The Morgan fingerprint density at radius 3 is 2.55 bits per heavy atom. The first-order valence-electron chi connectivity index (χ1n) is 6.10. The number of hydrogen-bond acceptors (Lipinski definition) is 2. The first kappa shape index (κ1) is 14.3. The molecule has 0 radical (unpaired) electrons. The van der Waals surface area contributed by atoms with E-state index in [4.69, 9.17) is 11.6 Å². The number of benzene rings is 2. The van der Waals surface area contributed by atoms with Crippen LogP contribution in [0.15, 0.2) is 42.5 Å². The summed E-state index contributed by atoms with van der Waals surface area (Å²) in [5.74, 6) is -0.562. The van der Waals surface area contributed by atoms with Gasteiger partial charge in [-0.2, -0.15) is 0 Å². The van der Waals surface area contributed by atoms with Gasteiger partial charge in [-0.25, -0.2) is 4.39 Å². The molecule has 0 heterocycles. The van der Waals surface area contributed by atoms with Crippen LogP contribution in [0.5, 0.6) is 0 Å². The second kappa shape index (κ2) is 6.39. The Hall–Kier alpha value is -2.07. The standard InChI is InChI=1S/C15H14ClFN2O/c1-10(20)19-13-6-7-14(17)15(8-13)18-9-11-2-4-12(16)5-3-11/h2-8,18H,9H2,1H3,(H,19,20). The summed E-state index contributed by atoms with van der Waals surface area (Å²) in [6, 6.07) is 11.7. The Bertz CT molecular complexity index is 614. The molecule has 0 aliphatic rings. The first-order chi connectivity index (χ1) is 9.54. The smallest absolute Gasteiger partial charge is 0.221 e. The lowest BCUT2D eigenvalue weighted by atomic mass is 10.2. The summed E-state index contributed by atoms with van der Waals surface area (Å²) in [7, 11) is 0. The van der Waals surface area contributed by atoms with Crippen LogP contribution >= 0.6 is 11.6 Å². The zero-order chi connectivity index (χ0) is 14.5. The Balaban J connectivity index is 2.08. The van der Waals surface area contributed by atoms with E-state index in [2.05, 4.69) is 10.6 Å². The third-order valence-corrected chi connectivity index (χ3v) is 2.93. The normalized spacial score (nSPS) is 10.2. The number of hydrogen-bond donors (Lipinski definition) is 2. The molecule has 2 aromatic carbocycles. The lowest BCUT2D eigenvalue weighted by Crippen LogP contribution is -2.07. The zero-order valence-electron chi connectivity index (χ0n) is 10.9.